The van der Waals surface area contributed by atoms with Gasteiger partial charge in [0.2, 0.25) is 5.91 Å². The van der Waals surface area contributed by atoms with Crippen molar-refractivity contribution in [1.82, 2.24) is 4.98 Å². The first-order chi connectivity index (χ1) is 13.9. The molecule has 6 nitrogen and oxygen atoms in total. The lowest BCUT2D eigenvalue weighted by Gasteiger charge is -2.14. The van der Waals surface area contributed by atoms with Crippen LogP contribution in [-0.4, -0.2) is 31.1 Å². The second kappa shape index (κ2) is 7.13. The van der Waals surface area contributed by atoms with Gasteiger partial charge in [0.25, 0.3) is 0 Å². The van der Waals surface area contributed by atoms with E-state index in [2.05, 4.69) is 10.3 Å². The molecule has 1 aliphatic rings. The van der Waals surface area contributed by atoms with Crippen LogP contribution in [0.3, 0.4) is 0 Å². The summed E-state index contributed by atoms with van der Waals surface area (Å²) in [5.41, 5.74) is 5.92. The number of rotatable bonds is 4. The zero-order valence-electron chi connectivity index (χ0n) is 16.8. The van der Waals surface area contributed by atoms with Gasteiger partial charge in [0.05, 0.1) is 31.4 Å². The SMILES string of the molecule is COC(=O)c1c(C)[nH]c(-c2ccc(OC)cc2)c1[C@@H]1C(=O)Nc2ccc(C)cc21. The number of aryl methyl sites for hydroxylation is 2. The summed E-state index contributed by atoms with van der Waals surface area (Å²) in [5, 5.41) is 2.94. The van der Waals surface area contributed by atoms with Gasteiger partial charge in [-0.05, 0) is 55.3 Å². The molecular formula is C23H22N2O4. The number of ether oxygens (including phenoxy) is 2. The van der Waals surface area contributed by atoms with Crippen molar-refractivity contribution >= 4 is 17.6 Å². The first kappa shape index (κ1) is 18.8. The molecule has 0 aliphatic carbocycles. The summed E-state index contributed by atoms with van der Waals surface area (Å²) in [7, 11) is 2.95. The Balaban J connectivity index is 1.97. The molecule has 148 valence electrons. The third-order valence-corrected chi connectivity index (χ3v) is 5.32. The minimum absolute atomic E-state index is 0.162. The Labute approximate surface area is 168 Å². The van der Waals surface area contributed by atoms with E-state index in [-0.39, 0.29) is 5.91 Å². The van der Waals surface area contributed by atoms with Crippen LogP contribution < -0.4 is 10.1 Å². The number of hydrogen-bond donors (Lipinski definition) is 2. The summed E-state index contributed by atoms with van der Waals surface area (Å²) in [6.45, 7) is 3.79. The van der Waals surface area contributed by atoms with Gasteiger partial charge in [-0.3, -0.25) is 4.79 Å². The quantitative estimate of drug-likeness (QED) is 0.655. The van der Waals surface area contributed by atoms with Gasteiger partial charge >= 0.3 is 5.97 Å². The van der Waals surface area contributed by atoms with Crippen molar-refractivity contribution in [2.24, 2.45) is 0 Å². The molecule has 2 N–H and O–H groups in total. The van der Waals surface area contributed by atoms with Crippen LogP contribution in [0.1, 0.15) is 38.7 Å². The first-order valence-electron chi connectivity index (χ1n) is 9.31. The summed E-state index contributed by atoms with van der Waals surface area (Å²) in [6.07, 6.45) is 0. The maximum absolute atomic E-state index is 13.0. The summed E-state index contributed by atoms with van der Waals surface area (Å²) in [6, 6.07) is 13.3. The standard InChI is InChI=1S/C23H22N2O4/c1-12-5-10-17-16(11-12)19(22(26)25-17)20-18(23(27)29-4)13(2)24-21(20)14-6-8-15(28-3)9-7-14/h5-11,19,24H,1-4H3,(H,25,26)/t19-/m1/s1. The van der Waals surface area contributed by atoms with E-state index in [4.69, 9.17) is 9.47 Å². The van der Waals surface area contributed by atoms with Crippen LogP contribution in [0.2, 0.25) is 0 Å². The average molecular weight is 390 g/mol. The van der Waals surface area contributed by atoms with Gasteiger partial charge < -0.3 is 19.8 Å². The molecular weight excluding hydrogens is 368 g/mol. The molecule has 1 aromatic heterocycles. The van der Waals surface area contributed by atoms with Crippen molar-refractivity contribution in [1.29, 1.82) is 0 Å². The molecule has 1 atom stereocenters. The summed E-state index contributed by atoms with van der Waals surface area (Å²) >= 11 is 0. The van der Waals surface area contributed by atoms with Gasteiger partial charge in [-0.15, -0.1) is 0 Å². The molecule has 0 radical (unpaired) electrons. The summed E-state index contributed by atoms with van der Waals surface area (Å²) < 4.78 is 10.3. The van der Waals surface area contributed by atoms with Gasteiger partial charge in [0.1, 0.15) is 5.75 Å². The number of esters is 1. The fourth-order valence-electron chi connectivity index (χ4n) is 3.95. The highest BCUT2D eigenvalue weighted by molar-refractivity contribution is 6.08. The minimum Gasteiger partial charge on any atom is -0.497 e. The average Bonchev–Trinajstić information content (AvgIpc) is 3.22. The molecule has 29 heavy (non-hydrogen) atoms. The van der Waals surface area contributed by atoms with Gasteiger partial charge in [-0.1, -0.05) is 17.7 Å². The van der Waals surface area contributed by atoms with E-state index >= 15 is 0 Å². The normalized spacial score (nSPS) is 15.0. The molecule has 0 unspecified atom stereocenters. The third kappa shape index (κ3) is 3.06. The summed E-state index contributed by atoms with van der Waals surface area (Å²) in [5.74, 6) is -0.515. The van der Waals surface area contributed by atoms with Crippen molar-refractivity contribution in [2.75, 3.05) is 19.5 Å². The van der Waals surface area contributed by atoms with Crippen molar-refractivity contribution < 1.29 is 19.1 Å². The molecule has 1 amide bonds. The Morgan fingerprint density at radius 2 is 1.76 bits per heavy atom. The number of hydrogen-bond acceptors (Lipinski definition) is 4. The lowest BCUT2D eigenvalue weighted by Crippen LogP contribution is -2.17. The second-order valence-electron chi connectivity index (χ2n) is 7.15. The van der Waals surface area contributed by atoms with E-state index in [1.54, 1.807) is 7.11 Å². The van der Waals surface area contributed by atoms with Crippen LogP contribution in [-0.2, 0) is 9.53 Å². The number of carbonyl (C=O) groups is 2. The van der Waals surface area contributed by atoms with Crippen molar-refractivity contribution in [3.63, 3.8) is 0 Å². The maximum atomic E-state index is 13.0. The lowest BCUT2D eigenvalue weighted by atomic mass is 9.87. The van der Waals surface area contributed by atoms with Crippen LogP contribution in [0, 0.1) is 13.8 Å². The monoisotopic (exact) mass is 390 g/mol. The number of methoxy groups -OCH3 is 2. The molecule has 0 fully saturated rings. The van der Waals surface area contributed by atoms with Crippen LogP contribution >= 0.6 is 0 Å². The third-order valence-electron chi connectivity index (χ3n) is 5.32. The highest BCUT2D eigenvalue weighted by atomic mass is 16.5. The van der Waals surface area contributed by atoms with E-state index in [0.717, 1.165) is 33.8 Å². The largest absolute Gasteiger partial charge is 0.497 e. The van der Waals surface area contributed by atoms with Crippen LogP contribution in [0.5, 0.6) is 5.75 Å². The zero-order valence-corrected chi connectivity index (χ0v) is 16.8. The summed E-state index contributed by atoms with van der Waals surface area (Å²) in [4.78, 5) is 29.0. The number of H-pyrrole nitrogens is 1. The van der Waals surface area contributed by atoms with Crippen LogP contribution in [0.4, 0.5) is 5.69 Å². The van der Waals surface area contributed by atoms with Crippen molar-refractivity contribution in [3.8, 4) is 17.0 Å². The molecule has 1 aliphatic heterocycles. The van der Waals surface area contributed by atoms with Gasteiger partial charge in [0.15, 0.2) is 0 Å². The molecule has 0 spiro atoms. The first-order valence-corrected chi connectivity index (χ1v) is 9.31. The van der Waals surface area contributed by atoms with Crippen LogP contribution in [0.25, 0.3) is 11.3 Å². The number of anilines is 1. The van der Waals surface area contributed by atoms with Crippen LogP contribution in [0.15, 0.2) is 42.5 Å². The van der Waals surface area contributed by atoms with Gasteiger partial charge in [-0.25, -0.2) is 4.79 Å². The van der Waals surface area contributed by atoms with Crippen molar-refractivity contribution in [2.45, 2.75) is 19.8 Å². The molecule has 0 bridgehead atoms. The fourth-order valence-corrected chi connectivity index (χ4v) is 3.95. The minimum atomic E-state index is -0.610. The number of amides is 1. The lowest BCUT2D eigenvalue weighted by molar-refractivity contribution is -0.116. The number of aromatic amines is 1. The number of carbonyl (C=O) groups excluding carboxylic acids is 2. The molecule has 4 rings (SSSR count). The zero-order chi connectivity index (χ0) is 20.7. The van der Waals surface area contributed by atoms with Crippen molar-refractivity contribution in [3.05, 3.63) is 70.4 Å². The molecule has 6 heteroatoms. The molecule has 2 aromatic carbocycles. The smallest absolute Gasteiger partial charge is 0.340 e. The molecule has 0 saturated heterocycles. The van der Waals surface area contributed by atoms with E-state index in [9.17, 15) is 9.59 Å². The molecule has 0 saturated carbocycles. The van der Waals surface area contributed by atoms with E-state index in [1.165, 1.54) is 7.11 Å². The number of benzene rings is 2. The van der Waals surface area contributed by atoms with Gasteiger partial charge in [-0.2, -0.15) is 0 Å². The Hall–Kier alpha value is -3.54. The van der Waals surface area contributed by atoms with E-state index in [1.807, 2.05) is 56.3 Å². The number of aromatic nitrogens is 1. The highest BCUT2D eigenvalue weighted by Gasteiger charge is 2.38. The Kier molecular flexibility index (Phi) is 4.62. The second-order valence-corrected chi connectivity index (χ2v) is 7.15. The highest BCUT2D eigenvalue weighted by Crippen LogP contribution is 2.44. The Bertz CT molecular complexity index is 1110. The topological polar surface area (TPSA) is 80.4 Å². The van der Waals surface area contributed by atoms with E-state index in [0.29, 0.717) is 16.8 Å². The van der Waals surface area contributed by atoms with Gasteiger partial charge in [0, 0.05) is 16.9 Å². The molecule has 3 aromatic rings. The predicted molar refractivity (Wildman–Crippen MR) is 111 cm³/mol. The molecule has 2 heterocycles. The Morgan fingerprint density at radius 1 is 1.03 bits per heavy atom. The van der Waals surface area contributed by atoms with E-state index < -0.39 is 11.9 Å². The number of nitrogens with one attached hydrogen (secondary N) is 2. The predicted octanol–water partition coefficient (Wildman–Crippen LogP) is 4.18. The number of fused-ring (bicyclic) bond motifs is 1. The Morgan fingerprint density at radius 3 is 2.41 bits per heavy atom. The maximum Gasteiger partial charge on any atom is 0.340 e. The fraction of sp³-hybridized carbons (Fsp3) is 0.217.